The second kappa shape index (κ2) is 6.33. The third-order valence-electron chi connectivity index (χ3n) is 3.42. The van der Waals surface area contributed by atoms with E-state index in [2.05, 4.69) is 46.7 Å². The van der Waals surface area contributed by atoms with Gasteiger partial charge in [0.25, 0.3) is 0 Å². The molecule has 4 heteroatoms. The number of rotatable bonds is 5. The van der Waals surface area contributed by atoms with Crippen LogP contribution in [0.15, 0.2) is 60.8 Å². The van der Waals surface area contributed by atoms with Gasteiger partial charge in [-0.2, -0.15) is 0 Å². The predicted molar refractivity (Wildman–Crippen MR) is 84.2 cm³/mol. The zero-order valence-electron chi connectivity index (χ0n) is 11.8. The number of nitrogens with two attached hydrogens (primary N) is 1. The number of nitrogens with zero attached hydrogens (tertiary/aromatic N) is 3. The summed E-state index contributed by atoms with van der Waals surface area (Å²) >= 11 is 0. The summed E-state index contributed by atoms with van der Waals surface area (Å²) < 4.78 is 1.81. The van der Waals surface area contributed by atoms with Gasteiger partial charge in [0.05, 0.1) is 17.6 Å². The fourth-order valence-corrected chi connectivity index (χ4v) is 2.26. The van der Waals surface area contributed by atoms with Crippen LogP contribution in [0.25, 0.3) is 16.8 Å². The molecule has 106 valence electrons. The van der Waals surface area contributed by atoms with E-state index >= 15 is 0 Å². The summed E-state index contributed by atoms with van der Waals surface area (Å²) in [5.41, 5.74) is 9.92. The number of benzene rings is 2. The molecule has 0 radical (unpaired) electrons. The van der Waals surface area contributed by atoms with E-state index in [4.69, 9.17) is 5.73 Å². The van der Waals surface area contributed by atoms with Crippen molar-refractivity contribution in [1.29, 1.82) is 0 Å². The van der Waals surface area contributed by atoms with Crippen LogP contribution in [0.1, 0.15) is 12.1 Å². The van der Waals surface area contributed by atoms with Gasteiger partial charge in [0.1, 0.15) is 0 Å². The maximum Gasteiger partial charge on any atom is 0.0832 e. The van der Waals surface area contributed by atoms with Crippen LogP contribution >= 0.6 is 0 Å². The zero-order valence-corrected chi connectivity index (χ0v) is 11.8. The van der Waals surface area contributed by atoms with Crippen LogP contribution in [-0.2, 0) is 6.42 Å². The van der Waals surface area contributed by atoms with Gasteiger partial charge in [0.2, 0.25) is 0 Å². The van der Waals surface area contributed by atoms with Crippen molar-refractivity contribution in [2.24, 2.45) is 5.73 Å². The van der Waals surface area contributed by atoms with Crippen molar-refractivity contribution in [3.63, 3.8) is 0 Å². The third kappa shape index (κ3) is 3.17. The monoisotopic (exact) mass is 278 g/mol. The zero-order chi connectivity index (χ0) is 14.5. The molecule has 0 saturated carbocycles. The maximum absolute atomic E-state index is 5.51. The fourth-order valence-electron chi connectivity index (χ4n) is 2.26. The van der Waals surface area contributed by atoms with Crippen LogP contribution in [0.2, 0.25) is 0 Å². The number of aryl methyl sites for hydroxylation is 1. The third-order valence-corrected chi connectivity index (χ3v) is 3.42. The van der Waals surface area contributed by atoms with Crippen molar-refractivity contribution < 1.29 is 0 Å². The van der Waals surface area contributed by atoms with E-state index in [1.165, 1.54) is 11.1 Å². The van der Waals surface area contributed by atoms with Crippen LogP contribution in [0.5, 0.6) is 0 Å². The van der Waals surface area contributed by atoms with E-state index in [9.17, 15) is 0 Å². The molecular formula is C17H18N4. The molecule has 3 rings (SSSR count). The van der Waals surface area contributed by atoms with E-state index < -0.39 is 0 Å². The molecule has 0 aliphatic carbocycles. The summed E-state index contributed by atoms with van der Waals surface area (Å²) in [4.78, 5) is 0. The lowest BCUT2D eigenvalue weighted by Crippen LogP contribution is -2.00. The first-order valence-corrected chi connectivity index (χ1v) is 7.14. The number of hydrogen-bond acceptors (Lipinski definition) is 3. The van der Waals surface area contributed by atoms with E-state index in [1.54, 1.807) is 4.68 Å². The summed E-state index contributed by atoms with van der Waals surface area (Å²) in [6, 6.07) is 18.7. The Morgan fingerprint density at radius 2 is 1.62 bits per heavy atom. The molecule has 2 aromatic carbocycles. The highest BCUT2D eigenvalue weighted by atomic mass is 15.4. The van der Waals surface area contributed by atoms with Gasteiger partial charge in [-0.1, -0.05) is 47.7 Å². The van der Waals surface area contributed by atoms with Crippen molar-refractivity contribution in [2.75, 3.05) is 6.54 Å². The van der Waals surface area contributed by atoms with E-state index in [-0.39, 0.29) is 0 Å². The first-order chi connectivity index (χ1) is 10.4. The van der Waals surface area contributed by atoms with Gasteiger partial charge >= 0.3 is 0 Å². The minimum Gasteiger partial charge on any atom is -0.330 e. The fraction of sp³-hybridized carbons (Fsp3) is 0.176. The normalized spacial score (nSPS) is 10.7. The summed E-state index contributed by atoms with van der Waals surface area (Å²) in [5.74, 6) is 0. The van der Waals surface area contributed by atoms with Crippen molar-refractivity contribution in [3.05, 3.63) is 66.5 Å². The molecular weight excluding hydrogens is 260 g/mol. The molecule has 1 aromatic heterocycles. The van der Waals surface area contributed by atoms with Crippen LogP contribution in [-0.4, -0.2) is 21.5 Å². The van der Waals surface area contributed by atoms with Crippen LogP contribution < -0.4 is 5.73 Å². The second-order valence-corrected chi connectivity index (χ2v) is 4.96. The lowest BCUT2D eigenvalue weighted by molar-refractivity contribution is 0.779. The Balaban J connectivity index is 1.79. The molecule has 4 nitrogen and oxygen atoms in total. The molecule has 21 heavy (non-hydrogen) atoms. The minimum atomic E-state index is 0.679. The maximum atomic E-state index is 5.51. The molecule has 0 aliphatic heterocycles. The van der Waals surface area contributed by atoms with Gasteiger partial charge in [-0.3, -0.25) is 0 Å². The van der Waals surface area contributed by atoms with Gasteiger partial charge in [-0.05, 0) is 42.6 Å². The molecule has 0 fully saturated rings. The van der Waals surface area contributed by atoms with Gasteiger partial charge in [-0.25, -0.2) is 4.68 Å². The average Bonchev–Trinajstić information content (AvgIpc) is 3.03. The Hall–Kier alpha value is -2.46. The van der Waals surface area contributed by atoms with Gasteiger partial charge in [0.15, 0.2) is 0 Å². The van der Waals surface area contributed by atoms with E-state index in [1.807, 2.05) is 24.4 Å². The molecule has 0 atom stereocenters. The molecule has 0 spiro atoms. The SMILES string of the molecule is NCCCc1cn(-c2ccc(-c3ccccc3)cc2)nn1. The molecule has 2 N–H and O–H groups in total. The smallest absolute Gasteiger partial charge is 0.0832 e. The molecule has 0 saturated heterocycles. The first kappa shape index (κ1) is 13.5. The Kier molecular flexibility index (Phi) is 4.07. The standard InChI is InChI=1S/C17H18N4/c18-12-4-7-16-13-21(20-19-16)17-10-8-15(9-11-17)14-5-2-1-3-6-14/h1-3,5-6,8-11,13H,4,7,12,18H2. The Morgan fingerprint density at radius 3 is 2.33 bits per heavy atom. The second-order valence-electron chi connectivity index (χ2n) is 4.96. The minimum absolute atomic E-state index is 0.679. The molecule has 1 heterocycles. The Morgan fingerprint density at radius 1 is 0.905 bits per heavy atom. The van der Waals surface area contributed by atoms with E-state index in [0.717, 1.165) is 24.2 Å². The highest BCUT2D eigenvalue weighted by Gasteiger charge is 2.03. The van der Waals surface area contributed by atoms with Gasteiger partial charge in [0, 0.05) is 0 Å². The van der Waals surface area contributed by atoms with Crippen molar-refractivity contribution >= 4 is 0 Å². The largest absolute Gasteiger partial charge is 0.330 e. The first-order valence-electron chi connectivity index (χ1n) is 7.14. The number of hydrogen-bond donors (Lipinski definition) is 1. The lowest BCUT2D eigenvalue weighted by Gasteiger charge is -2.04. The lowest BCUT2D eigenvalue weighted by atomic mass is 10.1. The molecule has 0 aliphatic rings. The molecule has 3 aromatic rings. The molecule has 0 unspecified atom stereocenters. The van der Waals surface area contributed by atoms with Crippen molar-refractivity contribution in [2.45, 2.75) is 12.8 Å². The number of aromatic nitrogens is 3. The average molecular weight is 278 g/mol. The predicted octanol–water partition coefficient (Wildman–Crippen LogP) is 2.83. The molecule has 0 amide bonds. The van der Waals surface area contributed by atoms with Crippen LogP contribution in [0.4, 0.5) is 0 Å². The Bertz CT molecular complexity index is 686. The highest BCUT2D eigenvalue weighted by Crippen LogP contribution is 2.20. The summed E-state index contributed by atoms with van der Waals surface area (Å²) in [5, 5.41) is 8.34. The quantitative estimate of drug-likeness (QED) is 0.780. The summed E-state index contributed by atoms with van der Waals surface area (Å²) in [7, 11) is 0. The summed E-state index contributed by atoms with van der Waals surface area (Å²) in [6.07, 6.45) is 3.78. The van der Waals surface area contributed by atoms with Crippen LogP contribution in [0.3, 0.4) is 0 Å². The van der Waals surface area contributed by atoms with Crippen molar-refractivity contribution in [3.8, 4) is 16.8 Å². The van der Waals surface area contributed by atoms with Crippen LogP contribution in [0, 0.1) is 0 Å². The van der Waals surface area contributed by atoms with Gasteiger partial charge < -0.3 is 5.73 Å². The van der Waals surface area contributed by atoms with Crippen molar-refractivity contribution in [1.82, 2.24) is 15.0 Å². The topological polar surface area (TPSA) is 56.7 Å². The van der Waals surface area contributed by atoms with E-state index in [0.29, 0.717) is 6.54 Å². The Labute approximate surface area is 124 Å². The van der Waals surface area contributed by atoms with Gasteiger partial charge in [-0.15, -0.1) is 5.10 Å². The summed E-state index contributed by atoms with van der Waals surface area (Å²) in [6.45, 7) is 0.679. The molecule has 0 bridgehead atoms. The highest BCUT2D eigenvalue weighted by molar-refractivity contribution is 5.64.